The number of fused-ring (bicyclic) bond motifs is 3. The molecule has 7 nitrogen and oxygen atoms in total. The van der Waals surface area contributed by atoms with Crippen LogP contribution in [-0.2, 0) is 11.2 Å². The van der Waals surface area contributed by atoms with Crippen molar-refractivity contribution in [2.24, 2.45) is 0 Å². The zero-order valence-electron chi connectivity index (χ0n) is 17.9. The van der Waals surface area contributed by atoms with Crippen molar-refractivity contribution < 1.29 is 24.5 Å². The van der Waals surface area contributed by atoms with Crippen molar-refractivity contribution in [1.82, 2.24) is 9.88 Å². The summed E-state index contributed by atoms with van der Waals surface area (Å²) in [6, 6.07) is 13.0. The fraction of sp³-hybridized carbons (Fsp3) is 0.375. The number of carbonyl (C=O) groups is 1. The first-order valence-electron chi connectivity index (χ1n) is 10.8. The standard InChI is InChI=1S/C24H27ClN2O5/c1-2-31-24(30)27-11-9-19-20-13-16(25)5-8-21(20)26-22(19)23(27)15-3-6-18(7-4-15)32-12-10-17(29)14-28/h3-8,13,17,23,26,28-29H,2,9-12,14H2,1H3/t17-,23?/m0/s1. The van der Waals surface area contributed by atoms with E-state index in [0.717, 1.165) is 27.7 Å². The van der Waals surface area contributed by atoms with Crippen LogP contribution < -0.4 is 4.74 Å². The van der Waals surface area contributed by atoms with Crippen LogP contribution >= 0.6 is 11.6 Å². The fourth-order valence-corrected chi connectivity index (χ4v) is 4.33. The number of benzene rings is 2. The molecular formula is C24H27ClN2O5. The molecule has 0 saturated carbocycles. The molecule has 1 aromatic heterocycles. The minimum absolute atomic E-state index is 0.286. The van der Waals surface area contributed by atoms with Crippen LogP contribution in [0.1, 0.15) is 36.2 Å². The minimum atomic E-state index is -0.788. The van der Waals surface area contributed by atoms with Gasteiger partial charge in [0, 0.05) is 34.6 Å². The van der Waals surface area contributed by atoms with Gasteiger partial charge >= 0.3 is 6.09 Å². The van der Waals surface area contributed by atoms with E-state index < -0.39 is 6.10 Å². The number of nitrogens with zero attached hydrogens (tertiary/aromatic N) is 1. The highest BCUT2D eigenvalue weighted by atomic mass is 35.5. The Bertz CT molecular complexity index is 1080. The Morgan fingerprint density at radius 2 is 2.06 bits per heavy atom. The average molecular weight is 459 g/mol. The number of hydrogen-bond acceptors (Lipinski definition) is 5. The first-order chi connectivity index (χ1) is 15.5. The molecule has 0 radical (unpaired) electrons. The van der Waals surface area contributed by atoms with Crippen LogP contribution in [0.5, 0.6) is 5.75 Å². The number of ether oxygens (including phenoxy) is 2. The molecule has 3 aromatic rings. The molecular weight excluding hydrogens is 432 g/mol. The number of amides is 1. The van der Waals surface area contributed by atoms with Crippen molar-refractivity contribution in [3.63, 3.8) is 0 Å². The van der Waals surface area contributed by atoms with Crippen molar-refractivity contribution in [1.29, 1.82) is 0 Å². The Morgan fingerprint density at radius 1 is 1.28 bits per heavy atom. The molecule has 2 atom stereocenters. The van der Waals surface area contributed by atoms with Crippen LogP contribution in [0.15, 0.2) is 42.5 Å². The lowest BCUT2D eigenvalue weighted by Gasteiger charge is -2.35. The van der Waals surface area contributed by atoms with E-state index in [0.29, 0.717) is 43.4 Å². The van der Waals surface area contributed by atoms with Gasteiger partial charge in [0.05, 0.1) is 25.9 Å². The van der Waals surface area contributed by atoms with Crippen LogP contribution in [-0.4, -0.2) is 58.7 Å². The predicted molar refractivity (Wildman–Crippen MR) is 122 cm³/mol. The summed E-state index contributed by atoms with van der Waals surface area (Å²) in [5.74, 6) is 0.654. The van der Waals surface area contributed by atoms with Crippen LogP contribution in [0, 0.1) is 0 Å². The third-order valence-corrected chi connectivity index (χ3v) is 5.95. The monoisotopic (exact) mass is 458 g/mol. The summed E-state index contributed by atoms with van der Waals surface area (Å²) in [6.07, 6.45) is -0.0838. The summed E-state index contributed by atoms with van der Waals surface area (Å²) in [6.45, 7) is 2.65. The molecule has 2 heterocycles. The lowest BCUT2D eigenvalue weighted by atomic mass is 9.92. The second-order valence-electron chi connectivity index (χ2n) is 7.79. The van der Waals surface area contributed by atoms with E-state index in [1.807, 2.05) is 42.5 Å². The smallest absolute Gasteiger partial charge is 0.410 e. The van der Waals surface area contributed by atoms with Crippen molar-refractivity contribution >= 4 is 28.6 Å². The number of aromatic amines is 1. The maximum absolute atomic E-state index is 12.8. The molecule has 0 fully saturated rings. The van der Waals surface area contributed by atoms with Crippen molar-refractivity contribution in [2.45, 2.75) is 31.9 Å². The number of H-pyrrole nitrogens is 1. The number of hydrogen-bond donors (Lipinski definition) is 3. The SMILES string of the molecule is CCOC(=O)N1CCc2c([nH]c3ccc(Cl)cc23)C1c1ccc(OCC[C@H](O)CO)cc1. The van der Waals surface area contributed by atoms with Gasteiger partial charge in [-0.3, -0.25) is 4.90 Å². The largest absolute Gasteiger partial charge is 0.493 e. The van der Waals surface area contributed by atoms with E-state index in [-0.39, 0.29) is 18.7 Å². The van der Waals surface area contributed by atoms with Crippen molar-refractivity contribution in [3.8, 4) is 5.75 Å². The van der Waals surface area contributed by atoms with Gasteiger partial charge in [0.15, 0.2) is 0 Å². The highest BCUT2D eigenvalue weighted by molar-refractivity contribution is 6.31. The molecule has 4 rings (SSSR count). The third kappa shape index (κ3) is 4.55. The average Bonchev–Trinajstić information content (AvgIpc) is 3.17. The van der Waals surface area contributed by atoms with Gasteiger partial charge in [0.1, 0.15) is 11.8 Å². The lowest BCUT2D eigenvalue weighted by Crippen LogP contribution is -2.40. The summed E-state index contributed by atoms with van der Waals surface area (Å²) >= 11 is 6.24. The second-order valence-corrected chi connectivity index (χ2v) is 8.23. The Hall–Kier alpha value is -2.74. The third-order valence-electron chi connectivity index (χ3n) is 5.72. The Labute approximate surface area is 191 Å². The van der Waals surface area contributed by atoms with Gasteiger partial charge in [-0.2, -0.15) is 0 Å². The lowest BCUT2D eigenvalue weighted by molar-refractivity contribution is 0.0754. The highest BCUT2D eigenvalue weighted by Crippen LogP contribution is 2.39. The summed E-state index contributed by atoms with van der Waals surface area (Å²) in [5.41, 5.74) is 4.03. The number of nitrogens with one attached hydrogen (secondary N) is 1. The first kappa shape index (κ1) is 22.5. The second kappa shape index (κ2) is 9.81. The number of aromatic nitrogens is 1. The molecule has 32 heavy (non-hydrogen) atoms. The van der Waals surface area contributed by atoms with Crippen molar-refractivity contribution in [2.75, 3.05) is 26.4 Å². The van der Waals surface area contributed by atoms with Gasteiger partial charge in [-0.15, -0.1) is 0 Å². The van der Waals surface area contributed by atoms with Gasteiger partial charge in [0.2, 0.25) is 0 Å². The quantitative estimate of drug-likeness (QED) is 0.496. The number of carbonyl (C=O) groups excluding carboxylic acids is 1. The molecule has 8 heteroatoms. The molecule has 1 aliphatic rings. The molecule has 1 aliphatic heterocycles. The maximum Gasteiger partial charge on any atom is 0.410 e. The Kier molecular flexibility index (Phi) is 6.89. The van der Waals surface area contributed by atoms with Crippen LogP contribution in [0.2, 0.25) is 5.02 Å². The van der Waals surface area contributed by atoms with Crippen LogP contribution in [0.3, 0.4) is 0 Å². The number of halogens is 1. The zero-order valence-corrected chi connectivity index (χ0v) is 18.6. The summed E-state index contributed by atoms with van der Waals surface area (Å²) in [7, 11) is 0. The van der Waals surface area contributed by atoms with E-state index in [2.05, 4.69) is 4.98 Å². The summed E-state index contributed by atoms with van der Waals surface area (Å²) in [4.78, 5) is 18.0. The Morgan fingerprint density at radius 3 is 2.78 bits per heavy atom. The normalized spacial score (nSPS) is 16.6. The summed E-state index contributed by atoms with van der Waals surface area (Å²) < 4.78 is 11.0. The van der Waals surface area contributed by atoms with E-state index in [9.17, 15) is 9.90 Å². The van der Waals surface area contributed by atoms with Crippen LogP contribution in [0.4, 0.5) is 4.79 Å². The molecule has 0 bridgehead atoms. The molecule has 0 saturated heterocycles. The fourth-order valence-electron chi connectivity index (χ4n) is 4.16. The molecule has 1 unspecified atom stereocenters. The van der Waals surface area contributed by atoms with E-state index >= 15 is 0 Å². The van der Waals surface area contributed by atoms with Gasteiger partial charge < -0.3 is 24.7 Å². The van der Waals surface area contributed by atoms with E-state index in [1.165, 1.54) is 0 Å². The minimum Gasteiger partial charge on any atom is -0.493 e. The van der Waals surface area contributed by atoms with E-state index in [1.54, 1.807) is 11.8 Å². The van der Waals surface area contributed by atoms with Gasteiger partial charge in [-0.05, 0) is 54.8 Å². The molecule has 3 N–H and O–H groups in total. The molecule has 170 valence electrons. The summed E-state index contributed by atoms with van der Waals surface area (Å²) in [5, 5.41) is 20.1. The van der Waals surface area contributed by atoms with Gasteiger partial charge in [0.25, 0.3) is 0 Å². The zero-order chi connectivity index (χ0) is 22.7. The van der Waals surface area contributed by atoms with Gasteiger partial charge in [-0.25, -0.2) is 4.79 Å². The molecule has 0 aliphatic carbocycles. The van der Waals surface area contributed by atoms with Gasteiger partial charge in [-0.1, -0.05) is 23.7 Å². The van der Waals surface area contributed by atoms with Crippen LogP contribution in [0.25, 0.3) is 10.9 Å². The van der Waals surface area contributed by atoms with Crippen molar-refractivity contribution in [3.05, 3.63) is 64.3 Å². The number of aliphatic hydroxyl groups is 2. The maximum atomic E-state index is 12.8. The predicted octanol–water partition coefficient (Wildman–Crippen LogP) is 4.05. The number of aliphatic hydroxyl groups excluding tert-OH is 2. The Balaban J connectivity index is 1.66. The first-order valence-corrected chi connectivity index (χ1v) is 11.1. The highest BCUT2D eigenvalue weighted by Gasteiger charge is 2.35. The van der Waals surface area contributed by atoms with E-state index in [4.69, 9.17) is 26.2 Å². The topological polar surface area (TPSA) is 95.0 Å². The number of rotatable bonds is 7. The molecule has 0 spiro atoms. The molecule has 1 amide bonds. The molecule has 2 aromatic carbocycles.